The smallest absolute Gasteiger partial charge is 0.266 e. The molecule has 7 heteroatoms. The van der Waals surface area contributed by atoms with E-state index < -0.39 is 0 Å². The average Bonchev–Trinajstić information content (AvgIpc) is 3.05. The molecule has 2 aromatic rings. The molecule has 1 aliphatic carbocycles. The maximum absolute atomic E-state index is 11.8. The van der Waals surface area contributed by atoms with E-state index in [4.69, 9.17) is 0 Å². The Balaban J connectivity index is 1.54. The van der Waals surface area contributed by atoms with Crippen molar-refractivity contribution in [3.8, 4) is 0 Å². The Hall–Kier alpha value is -1.76. The number of aromatic nitrogens is 4. The first-order valence-electron chi connectivity index (χ1n) is 7.43. The van der Waals surface area contributed by atoms with Gasteiger partial charge in [0.1, 0.15) is 5.01 Å². The van der Waals surface area contributed by atoms with Gasteiger partial charge in [0.2, 0.25) is 5.13 Å². The van der Waals surface area contributed by atoms with Gasteiger partial charge in [-0.2, -0.15) is 5.10 Å². The highest BCUT2D eigenvalue weighted by Crippen LogP contribution is 2.43. The van der Waals surface area contributed by atoms with Crippen molar-refractivity contribution in [3.63, 3.8) is 0 Å². The molecule has 1 unspecified atom stereocenters. The van der Waals surface area contributed by atoms with Crippen molar-refractivity contribution >= 4 is 16.5 Å². The second-order valence-corrected chi connectivity index (χ2v) is 6.72. The zero-order valence-corrected chi connectivity index (χ0v) is 12.5. The molecule has 2 aromatic heterocycles. The monoisotopic (exact) mass is 303 g/mol. The van der Waals surface area contributed by atoms with Gasteiger partial charge in [-0.05, 0) is 31.7 Å². The van der Waals surface area contributed by atoms with Crippen molar-refractivity contribution in [1.29, 1.82) is 0 Å². The second-order valence-electron chi connectivity index (χ2n) is 5.73. The Morgan fingerprint density at radius 1 is 1.29 bits per heavy atom. The van der Waals surface area contributed by atoms with Gasteiger partial charge >= 0.3 is 0 Å². The average molecular weight is 303 g/mol. The summed E-state index contributed by atoms with van der Waals surface area (Å²) in [4.78, 5) is 14.1. The van der Waals surface area contributed by atoms with Gasteiger partial charge in [-0.3, -0.25) is 4.79 Å². The number of nitrogens with zero attached hydrogens (tertiary/aromatic N) is 5. The summed E-state index contributed by atoms with van der Waals surface area (Å²) in [6, 6.07) is 3.53. The second kappa shape index (κ2) is 5.22. The molecule has 1 atom stereocenters. The Labute approximate surface area is 126 Å². The van der Waals surface area contributed by atoms with Crippen molar-refractivity contribution < 1.29 is 0 Å². The molecule has 6 nitrogen and oxygen atoms in total. The maximum Gasteiger partial charge on any atom is 0.266 e. The molecule has 21 heavy (non-hydrogen) atoms. The van der Waals surface area contributed by atoms with Crippen molar-refractivity contribution in [3.05, 3.63) is 33.7 Å². The van der Waals surface area contributed by atoms with Gasteiger partial charge in [-0.1, -0.05) is 11.3 Å². The molecule has 2 fully saturated rings. The van der Waals surface area contributed by atoms with Crippen LogP contribution in [0.3, 0.4) is 0 Å². The Bertz CT molecular complexity index is 692. The van der Waals surface area contributed by atoms with Gasteiger partial charge in [0, 0.05) is 24.7 Å². The molecule has 0 spiro atoms. The van der Waals surface area contributed by atoms with Gasteiger partial charge < -0.3 is 4.90 Å². The lowest BCUT2D eigenvalue weighted by Crippen LogP contribution is -2.36. The van der Waals surface area contributed by atoms with Crippen LogP contribution in [0.15, 0.2) is 23.1 Å². The molecule has 0 bridgehead atoms. The molecular formula is C14H17N5OS. The summed E-state index contributed by atoms with van der Waals surface area (Å²) in [5, 5.41) is 15.0. The first-order chi connectivity index (χ1) is 10.3. The molecule has 2 aliphatic rings. The third-order valence-corrected chi connectivity index (χ3v) is 5.27. The van der Waals surface area contributed by atoms with Crippen LogP contribution in [0.2, 0.25) is 0 Å². The summed E-state index contributed by atoms with van der Waals surface area (Å²) in [7, 11) is 0. The number of hydrogen-bond acceptors (Lipinski definition) is 6. The summed E-state index contributed by atoms with van der Waals surface area (Å²) < 4.78 is 1.55. The van der Waals surface area contributed by atoms with Crippen LogP contribution in [0.5, 0.6) is 0 Å². The lowest BCUT2D eigenvalue weighted by Gasteiger charge is -2.23. The first-order valence-corrected chi connectivity index (χ1v) is 8.25. The predicted molar refractivity (Wildman–Crippen MR) is 80.7 cm³/mol. The maximum atomic E-state index is 11.8. The Morgan fingerprint density at radius 2 is 2.19 bits per heavy atom. The quantitative estimate of drug-likeness (QED) is 0.859. The predicted octanol–water partition coefficient (Wildman–Crippen LogP) is 1.64. The molecule has 0 N–H and O–H groups in total. The van der Waals surface area contributed by atoms with Crippen LogP contribution < -0.4 is 10.5 Å². The molecule has 4 rings (SSSR count). The number of rotatable bonds is 4. The third-order valence-electron chi connectivity index (χ3n) is 4.15. The SMILES string of the molecule is O=c1cccnn1CC1CCCN1c1nnc(C2CC2)s1. The van der Waals surface area contributed by atoms with Crippen LogP contribution in [0.4, 0.5) is 5.13 Å². The highest BCUT2D eigenvalue weighted by molar-refractivity contribution is 7.15. The summed E-state index contributed by atoms with van der Waals surface area (Å²) in [6.45, 7) is 1.61. The lowest BCUT2D eigenvalue weighted by atomic mass is 10.2. The van der Waals surface area contributed by atoms with Gasteiger partial charge in [0.25, 0.3) is 5.56 Å². The molecular weight excluding hydrogens is 286 g/mol. The van der Waals surface area contributed by atoms with Crippen molar-refractivity contribution in [2.45, 2.75) is 44.2 Å². The van der Waals surface area contributed by atoms with Crippen molar-refractivity contribution in [2.75, 3.05) is 11.4 Å². The summed E-state index contributed by atoms with van der Waals surface area (Å²) >= 11 is 1.72. The van der Waals surface area contributed by atoms with Gasteiger partial charge in [-0.15, -0.1) is 10.2 Å². The molecule has 1 saturated heterocycles. The highest BCUT2D eigenvalue weighted by atomic mass is 32.1. The zero-order valence-electron chi connectivity index (χ0n) is 11.7. The van der Waals surface area contributed by atoms with Crippen molar-refractivity contribution in [1.82, 2.24) is 20.0 Å². The minimum Gasteiger partial charge on any atom is -0.342 e. The zero-order chi connectivity index (χ0) is 14.2. The van der Waals surface area contributed by atoms with E-state index >= 15 is 0 Å². The van der Waals surface area contributed by atoms with Crippen LogP contribution in [0, 0.1) is 0 Å². The van der Waals surface area contributed by atoms with Gasteiger partial charge in [0.05, 0.1) is 12.6 Å². The number of hydrogen-bond donors (Lipinski definition) is 0. The van der Waals surface area contributed by atoms with Crippen LogP contribution in [-0.2, 0) is 6.54 Å². The van der Waals surface area contributed by atoms with E-state index in [2.05, 4.69) is 20.2 Å². The fourth-order valence-electron chi connectivity index (χ4n) is 2.84. The highest BCUT2D eigenvalue weighted by Gasteiger charge is 2.32. The Kier molecular flexibility index (Phi) is 3.21. The molecule has 0 aromatic carbocycles. The molecule has 1 aliphatic heterocycles. The molecule has 3 heterocycles. The molecule has 110 valence electrons. The van der Waals surface area contributed by atoms with Gasteiger partial charge in [0.15, 0.2) is 0 Å². The van der Waals surface area contributed by atoms with E-state index in [9.17, 15) is 4.79 Å². The Morgan fingerprint density at radius 3 is 3.00 bits per heavy atom. The standard InChI is InChI=1S/C14H17N5OS/c20-12-4-1-7-15-19(12)9-11-3-2-8-18(11)14-17-16-13(21-14)10-5-6-10/h1,4,7,10-11H,2-3,5-6,8-9H2. The largest absolute Gasteiger partial charge is 0.342 e. The van der Waals surface area contributed by atoms with E-state index in [0.29, 0.717) is 12.5 Å². The number of anilines is 1. The normalized spacial score (nSPS) is 21.9. The van der Waals surface area contributed by atoms with E-state index in [0.717, 1.165) is 24.5 Å². The fraction of sp³-hybridized carbons (Fsp3) is 0.571. The van der Waals surface area contributed by atoms with Gasteiger partial charge in [-0.25, -0.2) is 4.68 Å². The molecule has 0 amide bonds. The van der Waals surface area contributed by atoms with Crippen LogP contribution in [0.25, 0.3) is 0 Å². The van der Waals surface area contributed by atoms with Crippen LogP contribution in [0.1, 0.15) is 36.6 Å². The fourth-order valence-corrected chi connectivity index (χ4v) is 3.95. The van der Waals surface area contributed by atoms with Crippen LogP contribution in [-0.4, -0.2) is 32.6 Å². The minimum atomic E-state index is -0.0414. The summed E-state index contributed by atoms with van der Waals surface area (Å²) in [5.41, 5.74) is -0.0414. The first kappa shape index (κ1) is 12.9. The summed E-state index contributed by atoms with van der Waals surface area (Å²) in [6.07, 6.45) is 6.37. The molecule has 1 saturated carbocycles. The topological polar surface area (TPSA) is 63.9 Å². The summed E-state index contributed by atoms with van der Waals surface area (Å²) in [5.74, 6) is 0.649. The van der Waals surface area contributed by atoms with E-state index in [1.54, 1.807) is 34.3 Å². The third kappa shape index (κ3) is 2.57. The van der Waals surface area contributed by atoms with E-state index in [1.807, 2.05) is 0 Å². The minimum absolute atomic E-state index is 0.0414. The lowest BCUT2D eigenvalue weighted by molar-refractivity contribution is 0.488. The molecule has 0 radical (unpaired) electrons. The van der Waals surface area contributed by atoms with E-state index in [-0.39, 0.29) is 11.6 Å². The van der Waals surface area contributed by atoms with Crippen LogP contribution >= 0.6 is 11.3 Å². The van der Waals surface area contributed by atoms with E-state index in [1.165, 1.54) is 17.8 Å². The van der Waals surface area contributed by atoms with Crippen molar-refractivity contribution in [2.24, 2.45) is 0 Å².